The highest BCUT2D eigenvalue weighted by Crippen LogP contribution is 2.36. The van der Waals surface area contributed by atoms with Crippen molar-refractivity contribution in [1.82, 2.24) is 4.90 Å². The Morgan fingerprint density at radius 2 is 2.00 bits per heavy atom. The summed E-state index contributed by atoms with van der Waals surface area (Å²) in [4.78, 5) is 13.4. The average Bonchev–Trinajstić information content (AvgIpc) is 2.56. The summed E-state index contributed by atoms with van der Waals surface area (Å²) in [6.45, 7) is 2.66. The van der Waals surface area contributed by atoms with Crippen LogP contribution < -0.4 is 5.73 Å². The van der Waals surface area contributed by atoms with E-state index in [-0.39, 0.29) is 12.0 Å². The fraction of sp³-hybridized carbons (Fsp3) is 0.526. The number of nitrogens with zero attached hydrogens (tertiary/aromatic N) is 1. The number of hydrogen-bond donors (Lipinski definition) is 2. The molecule has 136 valence electrons. The number of piperidine rings is 1. The number of aliphatic carboxylic acids is 1. The molecule has 0 aromatic heterocycles. The molecule has 1 aromatic rings. The fourth-order valence-electron chi connectivity index (χ4n) is 3.99. The maximum absolute atomic E-state index is 11.1. The smallest absolute Gasteiger partial charge is 0.306 e. The highest BCUT2D eigenvalue weighted by molar-refractivity contribution is 6.35. The quantitative estimate of drug-likeness (QED) is 0.784. The molecular formula is C19H25Cl2N2O2+. The van der Waals surface area contributed by atoms with Crippen LogP contribution in [0.1, 0.15) is 37.2 Å². The predicted octanol–water partition coefficient (Wildman–Crippen LogP) is 3.20. The van der Waals surface area contributed by atoms with Gasteiger partial charge in [0.1, 0.15) is 0 Å². The van der Waals surface area contributed by atoms with Gasteiger partial charge in [-0.05, 0) is 50.0 Å². The highest BCUT2D eigenvalue weighted by atomic mass is 35.5. The van der Waals surface area contributed by atoms with E-state index >= 15 is 0 Å². The molecule has 0 radical (unpaired) electrons. The van der Waals surface area contributed by atoms with Gasteiger partial charge in [-0.1, -0.05) is 40.9 Å². The van der Waals surface area contributed by atoms with Crippen LogP contribution in [0.15, 0.2) is 29.8 Å². The van der Waals surface area contributed by atoms with Gasteiger partial charge in [0.15, 0.2) is 0 Å². The number of carbonyl (C=O) groups is 1. The van der Waals surface area contributed by atoms with Crippen molar-refractivity contribution in [3.05, 3.63) is 45.5 Å². The van der Waals surface area contributed by atoms with E-state index in [2.05, 4.69) is 16.7 Å². The lowest BCUT2D eigenvalue weighted by Gasteiger charge is -2.33. The van der Waals surface area contributed by atoms with Gasteiger partial charge in [0, 0.05) is 28.9 Å². The second-order valence-electron chi connectivity index (χ2n) is 7.22. The second-order valence-corrected chi connectivity index (χ2v) is 8.07. The number of carboxylic acid groups (broad SMARTS) is 1. The summed E-state index contributed by atoms with van der Waals surface area (Å²) in [5.74, 6) is -0.503. The fourth-order valence-corrected chi connectivity index (χ4v) is 4.53. The molecule has 2 atom stereocenters. The van der Waals surface area contributed by atoms with Crippen LogP contribution in [0.25, 0.3) is 0 Å². The third-order valence-corrected chi connectivity index (χ3v) is 6.04. The third kappa shape index (κ3) is 4.56. The molecule has 25 heavy (non-hydrogen) atoms. The van der Waals surface area contributed by atoms with Gasteiger partial charge in [-0.25, -0.2) is 0 Å². The van der Waals surface area contributed by atoms with E-state index < -0.39 is 5.97 Å². The van der Waals surface area contributed by atoms with E-state index in [0.29, 0.717) is 10.9 Å². The summed E-state index contributed by atoms with van der Waals surface area (Å²) in [5.41, 5.74) is 6.91. The van der Waals surface area contributed by atoms with Crippen molar-refractivity contribution in [2.24, 2.45) is 5.92 Å². The number of rotatable bonds is 4. The van der Waals surface area contributed by atoms with E-state index in [1.807, 2.05) is 12.1 Å². The largest absolute Gasteiger partial charge is 0.481 e. The molecule has 1 aromatic carbocycles. The Hall–Kier alpha value is -1.07. The highest BCUT2D eigenvalue weighted by Gasteiger charge is 2.30. The SMILES string of the molecule is [NH3+][C@H]1CC(CN2CCC(C(=O)O)CC2)=CC[C@@H]1c1ccc(Cl)cc1Cl. The summed E-state index contributed by atoms with van der Waals surface area (Å²) < 4.78 is 0. The second kappa shape index (κ2) is 8.09. The Morgan fingerprint density at radius 3 is 2.60 bits per heavy atom. The zero-order chi connectivity index (χ0) is 18.0. The minimum absolute atomic E-state index is 0.173. The summed E-state index contributed by atoms with van der Waals surface area (Å²) >= 11 is 12.4. The van der Waals surface area contributed by atoms with Crippen LogP contribution in [-0.4, -0.2) is 41.7 Å². The molecule has 0 unspecified atom stereocenters. The van der Waals surface area contributed by atoms with Crippen molar-refractivity contribution in [3.63, 3.8) is 0 Å². The normalized spacial score (nSPS) is 25.6. The molecule has 6 heteroatoms. The Bertz CT molecular complexity index is 669. The van der Waals surface area contributed by atoms with Crippen molar-refractivity contribution in [1.29, 1.82) is 0 Å². The van der Waals surface area contributed by atoms with Gasteiger partial charge in [-0.2, -0.15) is 0 Å². The lowest BCUT2D eigenvalue weighted by atomic mass is 9.80. The number of halogens is 2. The van der Waals surface area contributed by atoms with Crippen LogP contribution in [0.2, 0.25) is 10.0 Å². The molecule has 0 saturated carbocycles. The van der Waals surface area contributed by atoms with E-state index in [4.69, 9.17) is 28.3 Å². The van der Waals surface area contributed by atoms with Crippen LogP contribution in [0, 0.1) is 5.92 Å². The van der Waals surface area contributed by atoms with Gasteiger partial charge in [0.05, 0.1) is 12.0 Å². The standard InChI is InChI=1S/C19H24Cl2N2O2/c20-14-2-4-15(17(21)10-14)16-3-1-12(9-18(16)22)11-23-7-5-13(6-8-23)19(24)25/h1-2,4,10,13,16,18H,3,5-9,11,22H2,(H,24,25)/p+1/t16-,18+/m1/s1. The lowest BCUT2D eigenvalue weighted by molar-refractivity contribution is -0.426. The number of benzene rings is 1. The average molecular weight is 384 g/mol. The van der Waals surface area contributed by atoms with Crippen LogP contribution in [0.4, 0.5) is 0 Å². The molecule has 0 bridgehead atoms. The monoisotopic (exact) mass is 383 g/mol. The van der Waals surface area contributed by atoms with E-state index in [1.54, 1.807) is 6.07 Å². The van der Waals surface area contributed by atoms with Gasteiger partial charge in [-0.3, -0.25) is 9.69 Å². The van der Waals surface area contributed by atoms with Crippen molar-refractivity contribution in [2.45, 2.75) is 37.6 Å². The number of carboxylic acids is 1. The Kier molecular flexibility index (Phi) is 6.05. The first-order chi connectivity index (χ1) is 11.9. The van der Waals surface area contributed by atoms with E-state index in [9.17, 15) is 4.79 Å². The molecule has 0 amide bonds. The number of allylic oxidation sites excluding steroid dienone is 1. The molecule has 4 N–H and O–H groups in total. The topological polar surface area (TPSA) is 68.2 Å². The maximum Gasteiger partial charge on any atom is 0.306 e. The molecule has 1 aliphatic heterocycles. The number of hydrogen-bond acceptors (Lipinski definition) is 2. The number of quaternary nitrogens is 1. The molecule has 2 aliphatic rings. The molecule has 4 nitrogen and oxygen atoms in total. The zero-order valence-electron chi connectivity index (χ0n) is 14.3. The van der Waals surface area contributed by atoms with Gasteiger partial charge in [0.2, 0.25) is 0 Å². The van der Waals surface area contributed by atoms with Gasteiger partial charge in [0.25, 0.3) is 0 Å². The maximum atomic E-state index is 11.1. The molecule has 1 aliphatic carbocycles. The molecular weight excluding hydrogens is 359 g/mol. The Labute approximate surface area is 158 Å². The first-order valence-corrected chi connectivity index (χ1v) is 9.60. The van der Waals surface area contributed by atoms with Gasteiger partial charge >= 0.3 is 5.97 Å². The summed E-state index contributed by atoms with van der Waals surface area (Å²) in [6.07, 6.45) is 5.72. The van der Waals surface area contributed by atoms with E-state index in [1.165, 1.54) is 5.57 Å². The lowest BCUT2D eigenvalue weighted by Crippen LogP contribution is -2.64. The first kappa shape index (κ1) is 18.7. The van der Waals surface area contributed by atoms with Crippen molar-refractivity contribution >= 4 is 29.2 Å². The number of likely N-dealkylation sites (tertiary alicyclic amines) is 1. The zero-order valence-corrected chi connectivity index (χ0v) is 15.8. The van der Waals surface area contributed by atoms with Crippen molar-refractivity contribution in [2.75, 3.05) is 19.6 Å². The molecule has 1 fully saturated rings. The summed E-state index contributed by atoms with van der Waals surface area (Å²) in [6, 6.07) is 6.00. The van der Waals surface area contributed by atoms with Crippen LogP contribution >= 0.6 is 23.2 Å². The van der Waals surface area contributed by atoms with Crippen LogP contribution in [-0.2, 0) is 4.79 Å². The minimum Gasteiger partial charge on any atom is -0.481 e. The third-order valence-electron chi connectivity index (χ3n) is 5.48. The molecule has 1 saturated heterocycles. The molecule has 1 heterocycles. The summed E-state index contributed by atoms with van der Waals surface area (Å²) in [7, 11) is 0. The van der Waals surface area contributed by atoms with Crippen molar-refractivity contribution in [3.8, 4) is 0 Å². The molecule has 0 spiro atoms. The van der Waals surface area contributed by atoms with Crippen LogP contribution in [0.3, 0.4) is 0 Å². The molecule has 3 rings (SSSR count). The van der Waals surface area contributed by atoms with Crippen molar-refractivity contribution < 1.29 is 15.6 Å². The summed E-state index contributed by atoms with van der Waals surface area (Å²) in [5, 5.41) is 10.5. The van der Waals surface area contributed by atoms with Crippen LogP contribution in [0.5, 0.6) is 0 Å². The van der Waals surface area contributed by atoms with Gasteiger partial charge < -0.3 is 10.8 Å². The predicted molar refractivity (Wildman–Crippen MR) is 100.0 cm³/mol. The van der Waals surface area contributed by atoms with E-state index in [0.717, 1.165) is 55.9 Å². The van der Waals surface area contributed by atoms with Gasteiger partial charge in [-0.15, -0.1) is 0 Å². The first-order valence-electron chi connectivity index (χ1n) is 8.85. The Balaban J connectivity index is 1.59. The minimum atomic E-state index is -0.656. The Morgan fingerprint density at radius 1 is 1.28 bits per heavy atom.